The van der Waals surface area contributed by atoms with E-state index in [1.54, 1.807) is 85.3 Å². The number of carbonyl (C=O) groups excluding carboxylic acids is 6. The predicted molar refractivity (Wildman–Crippen MR) is 249 cm³/mol. The van der Waals surface area contributed by atoms with E-state index < -0.39 is 122 Å². The minimum atomic E-state index is -1.70. The summed E-state index contributed by atoms with van der Waals surface area (Å²) >= 11 is 0. The number of primary amides is 1. The molecule has 3 aromatic heterocycles. The minimum absolute atomic E-state index is 0.138. The van der Waals surface area contributed by atoms with E-state index >= 15 is 0 Å². The van der Waals surface area contributed by atoms with Gasteiger partial charge in [-0.2, -0.15) is 0 Å². The lowest BCUT2D eigenvalue weighted by atomic mass is 10.0. The van der Waals surface area contributed by atoms with Crippen LogP contribution in [-0.2, 0) is 62.4 Å². The molecule has 69 heavy (non-hydrogen) atoms. The van der Waals surface area contributed by atoms with E-state index in [1.165, 1.54) is 0 Å². The first-order chi connectivity index (χ1) is 33.0. The minimum Gasteiger partial charge on any atom is -0.481 e. The summed E-state index contributed by atoms with van der Waals surface area (Å²) in [7, 11) is 0. The van der Waals surface area contributed by atoms with E-state index in [9.17, 15) is 58.5 Å². The molecule has 0 aliphatic carbocycles. The Morgan fingerprint density at radius 1 is 0.464 bits per heavy atom. The van der Waals surface area contributed by atoms with Crippen molar-refractivity contribution in [3.05, 3.63) is 108 Å². The Morgan fingerprint density at radius 2 is 0.812 bits per heavy atom. The van der Waals surface area contributed by atoms with Crippen LogP contribution < -0.4 is 38.1 Å². The highest BCUT2D eigenvalue weighted by Gasteiger charge is 2.34. The maximum atomic E-state index is 14.3. The molecule has 0 saturated carbocycles. The summed E-state index contributed by atoms with van der Waals surface area (Å²) in [5, 5.41) is 43.7. The summed E-state index contributed by atoms with van der Waals surface area (Å²) in [5.74, 6) is -10.0. The van der Waals surface area contributed by atoms with E-state index in [1.807, 2.05) is 6.07 Å². The number of hydrogen-bond donors (Lipinski definition) is 13. The normalized spacial score (nSPS) is 13.9. The smallest absolute Gasteiger partial charge is 0.326 e. The summed E-state index contributed by atoms with van der Waals surface area (Å²) in [5.41, 5.74) is 15.1. The van der Waals surface area contributed by atoms with Crippen LogP contribution in [-0.4, -0.2) is 120 Å². The van der Waals surface area contributed by atoms with Crippen molar-refractivity contribution in [2.75, 3.05) is 0 Å². The van der Waals surface area contributed by atoms with Crippen LogP contribution in [0.3, 0.4) is 0 Å². The highest BCUT2D eigenvalue weighted by atomic mass is 16.4. The van der Waals surface area contributed by atoms with Crippen LogP contribution in [0.25, 0.3) is 32.7 Å². The number of fused-ring (bicyclic) bond motifs is 3. The Morgan fingerprint density at radius 3 is 1.20 bits per heavy atom. The number of benzene rings is 3. The predicted octanol–water partition coefficient (Wildman–Crippen LogP) is 0.599. The second kappa shape index (κ2) is 22.8. The molecule has 15 N–H and O–H groups in total. The van der Waals surface area contributed by atoms with Gasteiger partial charge in [0.05, 0.1) is 12.5 Å². The fourth-order valence-corrected chi connectivity index (χ4v) is 7.92. The van der Waals surface area contributed by atoms with Gasteiger partial charge >= 0.3 is 17.9 Å². The van der Waals surface area contributed by atoms with Crippen molar-refractivity contribution in [1.82, 2.24) is 41.5 Å². The topological polar surface area (TPSA) is 374 Å². The second-order valence-electron chi connectivity index (χ2n) is 16.5. The van der Waals surface area contributed by atoms with Crippen LogP contribution in [0.15, 0.2) is 91.4 Å². The molecule has 6 amide bonds. The van der Waals surface area contributed by atoms with Crippen LogP contribution in [0.4, 0.5) is 0 Å². The summed E-state index contributed by atoms with van der Waals surface area (Å²) < 4.78 is 0. The Balaban J connectivity index is 1.25. The first kappa shape index (κ1) is 49.9. The zero-order valence-electron chi connectivity index (χ0n) is 37.0. The molecule has 0 radical (unpaired) electrons. The summed E-state index contributed by atoms with van der Waals surface area (Å²) in [6.45, 7) is 0. The van der Waals surface area contributed by atoms with Crippen LogP contribution in [0.5, 0.6) is 0 Å². The van der Waals surface area contributed by atoms with Gasteiger partial charge in [0.15, 0.2) is 0 Å². The molecule has 0 bridgehead atoms. The number of amides is 6. The number of nitrogens with two attached hydrogens (primary N) is 2. The lowest BCUT2D eigenvalue weighted by molar-refractivity contribution is -0.142. The van der Waals surface area contributed by atoms with E-state index in [0.717, 1.165) is 10.9 Å². The zero-order valence-corrected chi connectivity index (χ0v) is 37.0. The monoisotopic (exact) mass is 948 g/mol. The molecule has 0 unspecified atom stereocenters. The Hall–Kier alpha value is -8.53. The summed E-state index contributed by atoms with van der Waals surface area (Å²) in [4.78, 5) is 127. The first-order valence-corrected chi connectivity index (χ1v) is 21.8. The Kier molecular flexibility index (Phi) is 16.5. The molecule has 0 saturated heterocycles. The summed E-state index contributed by atoms with van der Waals surface area (Å²) in [6.07, 6.45) is 1.42. The third-order valence-electron chi connectivity index (χ3n) is 11.5. The van der Waals surface area contributed by atoms with Crippen molar-refractivity contribution < 1.29 is 58.5 Å². The lowest BCUT2D eigenvalue weighted by Crippen LogP contribution is -2.60. The highest BCUT2D eigenvalue weighted by Crippen LogP contribution is 2.22. The molecule has 362 valence electrons. The number of nitrogens with one attached hydrogen (secondary N) is 8. The number of para-hydroxylation sites is 3. The van der Waals surface area contributed by atoms with Crippen molar-refractivity contribution in [2.24, 2.45) is 11.5 Å². The number of H-pyrrole nitrogens is 3. The van der Waals surface area contributed by atoms with Crippen LogP contribution >= 0.6 is 0 Å². The summed E-state index contributed by atoms with van der Waals surface area (Å²) in [6, 6.07) is 11.9. The molecule has 6 aromatic rings. The Bertz CT molecular complexity index is 2890. The Labute approximate surface area is 392 Å². The average molecular weight is 949 g/mol. The van der Waals surface area contributed by atoms with E-state index in [0.29, 0.717) is 38.5 Å². The van der Waals surface area contributed by atoms with E-state index in [-0.39, 0.29) is 19.3 Å². The van der Waals surface area contributed by atoms with Gasteiger partial charge in [-0.15, -0.1) is 0 Å². The molecule has 3 aromatic carbocycles. The fraction of sp³-hybridized carbons (Fsp3) is 0.298. The first-order valence-electron chi connectivity index (χ1n) is 21.8. The third kappa shape index (κ3) is 13.3. The van der Waals surface area contributed by atoms with E-state index in [4.69, 9.17) is 11.5 Å². The van der Waals surface area contributed by atoms with Gasteiger partial charge in [-0.3, -0.25) is 38.4 Å². The van der Waals surface area contributed by atoms with E-state index in [2.05, 4.69) is 41.5 Å². The number of aliphatic carboxylic acids is 3. The number of hydrogen-bond acceptors (Lipinski definition) is 10. The van der Waals surface area contributed by atoms with Gasteiger partial charge in [0.1, 0.15) is 30.2 Å². The maximum Gasteiger partial charge on any atom is 0.326 e. The number of carboxylic acids is 3. The van der Waals surface area contributed by atoms with Crippen LogP contribution in [0, 0.1) is 0 Å². The van der Waals surface area contributed by atoms with Crippen molar-refractivity contribution in [3.63, 3.8) is 0 Å². The van der Waals surface area contributed by atoms with Crippen molar-refractivity contribution in [3.8, 4) is 0 Å². The number of aromatic amines is 3. The second-order valence-corrected chi connectivity index (χ2v) is 16.5. The number of aromatic nitrogens is 3. The van der Waals surface area contributed by atoms with Gasteiger partial charge in [0, 0.05) is 83.4 Å². The highest BCUT2D eigenvalue weighted by molar-refractivity contribution is 5.98. The van der Waals surface area contributed by atoms with Gasteiger partial charge in [0.2, 0.25) is 35.4 Å². The van der Waals surface area contributed by atoms with Gasteiger partial charge in [0.25, 0.3) is 0 Å². The maximum absolute atomic E-state index is 14.3. The van der Waals surface area contributed by atoms with Gasteiger partial charge in [-0.1, -0.05) is 54.6 Å². The SMILES string of the molecule is NC(=O)CC[C@H](NC(=O)[C@H](CCC(=O)O)NC(=O)[C@H](Cc1c[nH]c2ccccc12)NC(=O)[C@@H](N)CC(=O)O)C(=O)N[C@@H](Cc1c[nH]c2ccccc12)C(=O)N[C@@H](Cc1c[nH]c2ccccc12)C(=O)O. The number of rotatable bonds is 25. The van der Waals surface area contributed by atoms with Crippen molar-refractivity contribution in [2.45, 2.75) is 87.6 Å². The molecule has 0 fully saturated rings. The molecule has 22 nitrogen and oxygen atoms in total. The lowest BCUT2D eigenvalue weighted by Gasteiger charge is -2.27. The van der Waals surface area contributed by atoms with Gasteiger partial charge in [-0.05, 0) is 47.7 Å². The largest absolute Gasteiger partial charge is 0.481 e. The van der Waals surface area contributed by atoms with Crippen molar-refractivity contribution >= 4 is 86.1 Å². The van der Waals surface area contributed by atoms with Gasteiger partial charge in [-0.25, -0.2) is 4.79 Å². The molecular weight excluding hydrogens is 897 g/mol. The molecule has 6 rings (SSSR count). The molecule has 6 atom stereocenters. The van der Waals surface area contributed by atoms with Gasteiger partial charge < -0.3 is 68.3 Å². The average Bonchev–Trinajstić information content (AvgIpc) is 4.04. The number of carboxylic acid groups (broad SMARTS) is 3. The molecule has 0 aliphatic rings. The quantitative estimate of drug-likeness (QED) is 0.0374. The molecule has 0 spiro atoms. The van der Waals surface area contributed by atoms with Crippen LogP contribution in [0.1, 0.15) is 48.8 Å². The molecule has 3 heterocycles. The van der Waals surface area contributed by atoms with Crippen LogP contribution in [0.2, 0.25) is 0 Å². The molecule has 22 heteroatoms. The zero-order chi connectivity index (χ0) is 49.8. The number of carbonyl (C=O) groups is 9. The molecule has 0 aliphatic heterocycles. The third-order valence-corrected chi connectivity index (χ3v) is 11.5. The molecular formula is C47H52N10O12. The fourth-order valence-electron chi connectivity index (χ4n) is 7.92. The standard InChI is InChI=1S/C47H52N10O12/c48-30(20-41(61)62)42(63)55-36(17-24-21-50-31-10-4-1-7-27(24)31)45(66)54-35(14-16-40(59)60)43(64)53-34(13-15-39(49)58)44(65)56-37(18-25-22-51-32-11-5-2-8-28(25)32)46(67)57-38(47(68)69)19-26-23-52-33-12-6-3-9-29(26)33/h1-12,21-23,30,34-38,50-52H,13-20,48H2,(H2,49,58)(H,53,64)(H,54,66)(H,55,63)(H,56,65)(H,57,67)(H,59,60)(H,61,62)(H,68,69)/t30-,34-,35-,36-,37-,38-/m0/s1. The van der Waals surface area contributed by atoms with Crippen molar-refractivity contribution in [1.29, 1.82) is 0 Å².